The molecule has 1 atom stereocenters. The largest absolute Gasteiger partial charge is 0.373 e. The van der Waals surface area contributed by atoms with E-state index in [-0.39, 0.29) is 24.2 Å². The Morgan fingerprint density at radius 1 is 1.22 bits per heavy atom. The number of aromatic nitrogens is 5. The minimum Gasteiger partial charge on any atom is -0.373 e. The van der Waals surface area contributed by atoms with Crippen LogP contribution in [0.5, 0.6) is 0 Å². The summed E-state index contributed by atoms with van der Waals surface area (Å²) in [5.74, 6) is 0.303. The van der Waals surface area contributed by atoms with E-state index in [1.54, 1.807) is 6.07 Å². The number of tetrazole rings is 1. The Morgan fingerprint density at radius 3 is 2.75 bits per heavy atom. The van der Waals surface area contributed by atoms with Gasteiger partial charge in [-0.25, -0.2) is 0 Å². The summed E-state index contributed by atoms with van der Waals surface area (Å²) < 4.78 is 7.51. The molecule has 0 bridgehead atoms. The zero-order valence-electron chi connectivity index (χ0n) is 18.5. The summed E-state index contributed by atoms with van der Waals surface area (Å²) in [6, 6.07) is 11.5. The summed E-state index contributed by atoms with van der Waals surface area (Å²) in [5.41, 5.74) is 2.83. The number of Topliss-reactive ketones (excluding diaryl/α,β-unsaturated/α-hetero) is 1. The maximum atomic E-state index is 13.2. The average molecular weight is 437 g/mol. The predicted octanol–water partition coefficient (Wildman–Crippen LogP) is 2.72. The summed E-state index contributed by atoms with van der Waals surface area (Å²) >= 11 is 0. The molecule has 0 aliphatic carbocycles. The van der Waals surface area contributed by atoms with Crippen LogP contribution in [0.4, 0.5) is 0 Å². The van der Waals surface area contributed by atoms with Gasteiger partial charge in [0, 0.05) is 19.4 Å². The molecule has 2 aromatic heterocycles. The summed E-state index contributed by atoms with van der Waals surface area (Å²) in [6.07, 6.45) is 1.42. The summed E-state index contributed by atoms with van der Waals surface area (Å²) in [6.45, 7) is 5.96. The lowest BCUT2D eigenvalue weighted by molar-refractivity contribution is 0.0782. The predicted molar refractivity (Wildman–Crippen MR) is 117 cm³/mol. The molecule has 4 rings (SSSR count). The van der Waals surface area contributed by atoms with Gasteiger partial charge in [-0.05, 0) is 30.2 Å². The second-order valence-electron chi connectivity index (χ2n) is 7.76. The van der Waals surface area contributed by atoms with Crippen molar-refractivity contribution in [2.45, 2.75) is 58.8 Å². The number of rotatable bonds is 9. The highest BCUT2D eigenvalue weighted by Gasteiger charge is 2.27. The van der Waals surface area contributed by atoms with Crippen LogP contribution in [0.15, 0.2) is 36.4 Å². The van der Waals surface area contributed by atoms with Crippen molar-refractivity contribution < 1.29 is 14.3 Å². The molecule has 9 nitrogen and oxygen atoms in total. The van der Waals surface area contributed by atoms with Gasteiger partial charge in [-0.1, -0.05) is 37.3 Å². The molecule has 9 heteroatoms. The Bertz CT molecular complexity index is 1090. The van der Waals surface area contributed by atoms with Gasteiger partial charge in [0.2, 0.25) is 0 Å². The van der Waals surface area contributed by atoms with Gasteiger partial charge in [0.1, 0.15) is 0 Å². The van der Waals surface area contributed by atoms with Crippen LogP contribution in [-0.4, -0.2) is 43.1 Å². The summed E-state index contributed by atoms with van der Waals surface area (Å²) in [5, 5.41) is 15.3. The fourth-order valence-electron chi connectivity index (χ4n) is 3.96. The quantitative estimate of drug-likeness (QED) is 0.517. The van der Waals surface area contributed by atoms with Gasteiger partial charge in [-0.3, -0.25) is 9.59 Å². The van der Waals surface area contributed by atoms with Crippen molar-refractivity contribution in [2.75, 3.05) is 6.61 Å². The second-order valence-corrected chi connectivity index (χ2v) is 7.76. The first-order valence-corrected chi connectivity index (χ1v) is 11.1. The van der Waals surface area contributed by atoms with Crippen molar-refractivity contribution in [2.24, 2.45) is 0 Å². The Labute approximate surface area is 186 Å². The number of nitrogens with zero attached hydrogens (tertiary/aromatic N) is 5. The lowest BCUT2D eigenvalue weighted by Crippen LogP contribution is -2.29. The lowest BCUT2D eigenvalue weighted by Gasteiger charge is -2.20. The molecule has 1 amide bonds. The molecule has 0 saturated carbocycles. The molecule has 0 fully saturated rings. The molecule has 3 heterocycles. The monoisotopic (exact) mass is 436 g/mol. The number of nitrogens with one attached hydrogen (secondary N) is 1. The molecular formula is C23H28N6O3. The standard InChI is InChI=1S/C23H28N6O3/c1-3-18(16-8-6-5-7-9-16)24-23(31)17-14-19(28-12-13-32-15-20(17)28)21(30)10-11-22-25-27-29(4-2)26-22/h5-9,14,18H,3-4,10-13,15H2,1-2H3,(H,24,31)/t18-/m1/s1. The van der Waals surface area contributed by atoms with E-state index in [4.69, 9.17) is 4.74 Å². The number of ketones is 1. The first-order valence-electron chi connectivity index (χ1n) is 11.1. The van der Waals surface area contributed by atoms with E-state index in [1.807, 2.05) is 48.7 Å². The van der Waals surface area contributed by atoms with Gasteiger partial charge < -0.3 is 14.6 Å². The number of amides is 1. The number of carbonyl (C=O) groups excluding carboxylic acids is 2. The third-order valence-corrected chi connectivity index (χ3v) is 5.71. The highest BCUT2D eigenvalue weighted by atomic mass is 16.5. The molecule has 1 N–H and O–H groups in total. The van der Waals surface area contributed by atoms with Gasteiger partial charge >= 0.3 is 0 Å². The molecule has 1 aliphatic heterocycles. The first-order chi connectivity index (χ1) is 15.6. The number of fused-ring (bicyclic) bond motifs is 1. The minimum atomic E-state index is -0.193. The van der Waals surface area contributed by atoms with Crippen LogP contribution in [0.3, 0.4) is 0 Å². The highest BCUT2D eigenvalue weighted by molar-refractivity contribution is 6.01. The second kappa shape index (κ2) is 9.86. The third kappa shape index (κ3) is 4.62. The Hall–Kier alpha value is -3.33. The average Bonchev–Trinajstić information content (AvgIpc) is 3.46. The molecule has 0 radical (unpaired) electrons. The smallest absolute Gasteiger partial charge is 0.253 e. The van der Waals surface area contributed by atoms with Crippen LogP contribution in [0, 0.1) is 0 Å². The number of hydrogen-bond acceptors (Lipinski definition) is 6. The molecular weight excluding hydrogens is 408 g/mol. The molecule has 0 spiro atoms. The van der Waals surface area contributed by atoms with Crippen molar-refractivity contribution in [1.29, 1.82) is 0 Å². The van der Waals surface area contributed by atoms with Crippen LogP contribution in [0.1, 0.15) is 70.7 Å². The molecule has 1 aromatic carbocycles. The molecule has 3 aromatic rings. The molecule has 168 valence electrons. The van der Waals surface area contributed by atoms with Gasteiger partial charge in [0.05, 0.1) is 42.8 Å². The zero-order chi connectivity index (χ0) is 22.5. The van der Waals surface area contributed by atoms with E-state index in [2.05, 4.69) is 20.7 Å². The molecule has 0 saturated heterocycles. The van der Waals surface area contributed by atoms with Crippen LogP contribution in [0.2, 0.25) is 0 Å². The normalized spacial score (nSPS) is 14.1. The number of ether oxygens (including phenoxy) is 1. The van der Waals surface area contributed by atoms with E-state index in [0.717, 1.165) is 17.7 Å². The van der Waals surface area contributed by atoms with Crippen LogP contribution in [-0.2, 0) is 30.9 Å². The Balaban J connectivity index is 1.53. The number of hydrogen-bond donors (Lipinski definition) is 1. The van der Waals surface area contributed by atoms with Gasteiger partial charge in [-0.15, -0.1) is 10.2 Å². The Kier molecular flexibility index (Phi) is 6.75. The molecule has 0 unspecified atom stereocenters. The van der Waals surface area contributed by atoms with Crippen molar-refractivity contribution in [3.63, 3.8) is 0 Å². The SMILES string of the molecule is CC[C@@H](NC(=O)c1cc(C(=O)CCc2nnn(CC)n2)n2c1COCC2)c1ccccc1. The van der Waals surface area contributed by atoms with Crippen molar-refractivity contribution in [3.05, 3.63) is 64.7 Å². The van der Waals surface area contributed by atoms with E-state index in [9.17, 15) is 9.59 Å². The highest BCUT2D eigenvalue weighted by Crippen LogP contribution is 2.24. The molecule has 32 heavy (non-hydrogen) atoms. The third-order valence-electron chi connectivity index (χ3n) is 5.71. The topological polar surface area (TPSA) is 104 Å². The zero-order valence-corrected chi connectivity index (χ0v) is 18.5. The van der Waals surface area contributed by atoms with E-state index in [0.29, 0.717) is 49.8 Å². The van der Waals surface area contributed by atoms with Gasteiger partial charge in [0.25, 0.3) is 5.91 Å². The van der Waals surface area contributed by atoms with Crippen molar-refractivity contribution in [1.82, 2.24) is 30.1 Å². The number of carbonyl (C=O) groups is 2. The van der Waals surface area contributed by atoms with Crippen LogP contribution < -0.4 is 5.32 Å². The van der Waals surface area contributed by atoms with E-state index < -0.39 is 0 Å². The van der Waals surface area contributed by atoms with Gasteiger partial charge in [-0.2, -0.15) is 4.80 Å². The summed E-state index contributed by atoms with van der Waals surface area (Å²) in [4.78, 5) is 27.7. The fraction of sp³-hybridized carbons (Fsp3) is 0.435. The Morgan fingerprint density at radius 2 is 2.03 bits per heavy atom. The fourth-order valence-corrected chi connectivity index (χ4v) is 3.96. The maximum Gasteiger partial charge on any atom is 0.253 e. The minimum absolute atomic E-state index is 0.0462. The van der Waals surface area contributed by atoms with E-state index in [1.165, 1.54) is 4.80 Å². The summed E-state index contributed by atoms with van der Waals surface area (Å²) in [7, 11) is 0. The van der Waals surface area contributed by atoms with Crippen molar-refractivity contribution >= 4 is 11.7 Å². The first kappa shape index (κ1) is 21.9. The van der Waals surface area contributed by atoms with E-state index >= 15 is 0 Å². The lowest BCUT2D eigenvalue weighted by atomic mass is 10.0. The van der Waals surface area contributed by atoms with Crippen LogP contribution in [0.25, 0.3) is 0 Å². The van der Waals surface area contributed by atoms with Gasteiger partial charge in [0.15, 0.2) is 11.6 Å². The molecule has 1 aliphatic rings. The van der Waals surface area contributed by atoms with Crippen molar-refractivity contribution in [3.8, 4) is 0 Å². The number of benzene rings is 1. The maximum absolute atomic E-state index is 13.2. The van der Waals surface area contributed by atoms with Crippen LogP contribution >= 0.6 is 0 Å². The number of aryl methyl sites for hydroxylation is 2.